The molecular weight excluding hydrogens is 579 g/mol. The highest BCUT2D eigenvalue weighted by molar-refractivity contribution is 14.1. The molecule has 2 aromatic carbocycles. The molecule has 1 N–H and O–H groups in total. The molecule has 2 heterocycles. The third-order valence-corrected chi connectivity index (χ3v) is 6.15. The van der Waals surface area contributed by atoms with Crippen molar-refractivity contribution >= 4 is 46.6 Å². The van der Waals surface area contributed by atoms with E-state index >= 15 is 0 Å². The van der Waals surface area contributed by atoms with Crippen molar-refractivity contribution in [1.82, 2.24) is 10.2 Å². The Morgan fingerprint density at radius 3 is 2.67 bits per heavy atom. The lowest BCUT2D eigenvalue weighted by Gasteiger charge is -2.14. The van der Waals surface area contributed by atoms with Crippen molar-refractivity contribution in [1.29, 1.82) is 0 Å². The standard InChI is InChI=1S/C26H23IN2O7/c1-15-5-4-6-16(9-15)14-35-23-19(27)10-17(12-22(23)33-2)11-20-24(30)29(26(32)28-20)13-18-7-8-21(36-18)25(31)34-3/h4-12H,13-14H2,1-3H3,(H,28,32)/b20-11-. The normalized spacial score (nSPS) is 14.2. The van der Waals surface area contributed by atoms with Crippen LogP contribution in [0.2, 0.25) is 0 Å². The minimum atomic E-state index is -0.645. The van der Waals surface area contributed by atoms with Gasteiger partial charge in [-0.05, 0) is 71.0 Å². The number of imide groups is 1. The number of aryl methyl sites for hydroxylation is 1. The number of urea groups is 1. The number of hydrogen-bond donors (Lipinski definition) is 1. The highest BCUT2D eigenvalue weighted by Crippen LogP contribution is 2.35. The summed E-state index contributed by atoms with van der Waals surface area (Å²) in [6.45, 7) is 2.27. The van der Waals surface area contributed by atoms with Crippen molar-refractivity contribution in [2.75, 3.05) is 14.2 Å². The van der Waals surface area contributed by atoms with Crippen molar-refractivity contribution in [2.45, 2.75) is 20.1 Å². The van der Waals surface area contributed by atoms with Gasteiger partial charge >= 0.3 is 12.0 Å². The van der Waals surface area contributed by atoms with Crippen LogP contribution in [0.15, 0.2) is 58.6 Å². The zero-order chi connectivity index (χ0) is 25.8. The van der Waals surface area contributed by atoms with Crippen LogP contribution in [0.25, 0.3) is 6.08 Å². The molecule has 10 heteroatoms. The summed E-state index contributed by atoms with van der Waals surface area (Å²) >= 11 is 2.14. The van der Waals surface area contributed by atoms with Gasteiger partial charge in [-0.25, -0.2) is 9.59 Å². The molecule has 1 saturated heterocycles. The molecule has 0 saturated carbocycles. The van der Waals surface area contributed by atoms with Crippen LogP contribution in [-0.2, 0) is 22.7 Å². The van der Waals surface area contributed by atoms with E-state index in [-0.39, 0.29) is 23.8 Å². The van der Waals surface area contributed by atoms with Gasteiger partial charge in [0.2, 0.25) is 5.76 Å². The van der Waals surface area contributed by atoms with Crippen molar-refractivity contribution in [2.24, 2.45) is 0 Å². The van der Waals surface area contributed by atoms with E-state index in [1.807, 2.05) is 31.2 Å². The highest BCUT2D eigenvalue weighted by atomic mass is 127. The molecule has 36 heavy (non-hydrogen) atoms. The number of esters is 1. The summed E-state index contributed by atoms with van der Waals surface area (Å²) in [5, 5.41) is 2.58. The van der Waals surface area contributed by atoms with Gasteiger partial charge in [0.05, 0.1) is 24.3 Å². The van der Waals surface area contributed by atoms with Crippen molar-refractivity contribution in [3.05, 3.63) is 86.0 Å². The number of furan rings is 1. The molecule has 1 fully saturated rings. The third kappa shape index (κ3) is 5.54. The topological polar surface area (TPSA) is 107 Å². The van der Waals surface area contributed by atoms with E-state index in [1.165, 1.54) is 26.4 Å². The van der Waals surface area contributed by atoms with Crippen LogP contribution in [0.1, 0.15) is 33.0 Å². The molecule has 0 spiro atoms. The van der Waals surface area contributed by atoms with Crippen LogP contribution < -0.4 is 14.8 Å². The number of halogens is 1. The van der Waals surface area contributed by atoms with E-state index in [4.69, 9.17) is 13.9 Å². The van der Waals surface area contributed by atoms with Crippen LogP contribution >= 0.6 is 22.6 Å². The number of benzene rings is 2. The van der Waals surface area contributed by atoms with Crippen LogP contribution in [0.4, 0.5) is 4.79 Å². The zero-order valence-corrected chi connectivity index (χ0v) is 22.0. The summed E-state index contributed by atoms with van der Waals surface area (Å²) in [5.74, 6) is 0.178. The summed E-state index contributed by atoms with van der Waals surface area (Å²) < 4.78 is 22.3. The first-order valence-electron chi connectivity index (χ1n) is 10.9. The van der Waals surface area contributed by atoms with Gasteiger partial charge < -0.3 is 23.9 Å². The second-order valence-corrected chi connectivity index (χ2v) is 9.11. The Balaban J connectivity index is 1.51. The van der Waals surface area contributed by atoms with Gasteiger partial charge in [-0.15, -0.1) is 0 Å². The number of nitrogens with zero attached hydrogens (tertiary/aromatic N) is 1. The minimum Gasteiger partial charge on any atom is -0.493 e. The SMILES string of the molecule is COC(=O)c1ccc(CN2C(=O)N/C(=C\c3cc(I)c(OCc4cccc(C)c4)c(OC)c3)C2=O)o1. The Morgan fingerprint density at radius 1 is 1.14 bits per heavy atom. The van der Waals surface area contributed by atoms with Gasteiger partial charge in [0, 0.05) is 0 Å². The Bertz CT molecular complexity index is 1360. The Labute approximate surface area is 221 Å². The maximum atomic E-state index is 12.9. The van der Waals surface area contributed by atoms with Gasteiger partial charge in [0.25, 0.3) is 5.91 Å². The maximum absolute atomic E-state index is 12.9. The molecule has 0 aliphatic carbocycles. The fourth-order valence-electron chi connectivity index (χ4n) is 3.63. The van der Waals surface area contributed by atoms with E-state index in [0.29, 0.717) is 23.7 Å². The number of hydrogen-bond acceptors (Lipinski definition) is 7. The zero-order valence-electron chi connectivity index (χ0n) is 19.8. The summed E-state index contributed by atoms with van der Waals surface area (Å²) in [6.07, 6.45) is 1.57. The number of rotatable bonds is 8. The molecule has 0 radical (unpaired) electrons. The first kappa shape index (κ1) is 25.3. The van der Waals surface area contributed by atoms with Gasteiger partial charge in [-0.3, -0.25) is 9.69 Å². The molecule has 0 unspecified atom stereocenters. The Morgan fingerprint density at radius 2 is 1.94 bits per heavy atom. The van der Waals surface area contributed by atoms with Crippen molar-refractivity contribution < 1.29 is 33.0 Å². The van der Waals surface area contributed by atoms with Crippen LogP contribution in [0.3, 0.4) is 0 Å². The lowest BCUT2D eigenvalue weighted by molar-refractivity contribution is -0.123. The van der Waals surface area contributed by atoms with E-state index in [2.05, 4.69) is 38.7 Å². The van der Waals surface area contributed by atoms with E-state index in [9.17, 15) is 14.4 Å². The minimum absolute atomic E-state index is 0.0123. The first-order chi connectivity index (χ1) is 17.3. The van der Waals surface area contributed by atoms with E-state index in [1.54, 1.807) is 12.1 Å². The second kappa shape index (κ2) is 10.9. The molecule has 0 atom stereocenters. The molecule has 186 valence electrons. The molecule has 4 rings (SSSR count). The summed E-state index contributed by atoms with van der Waals surface area (Å²) in [6, 6.07) is 13.9. The molecule has 0 bridgehead atoms. The van der Waals surface area contributed by atoms with Crippen molar-refractivity contribution in [3.63, 3.8) is 0 Å². The average molecular weight is 602 g/mol. The van der Waals surface area contributed by atoms with Crippen LogP contribution in [0, 0.1) is 10.5 Å². The smallest absolute Gasteiger partial charge is 0.373 e. The largest absolute Gasteiger partial charge is 0.493 e. The molecule has 1 aliphatic rings. The predicted molar refractivity (Wildman–Crippen MR) is 138 cm³/mol. The van der Waals surface area contributed by atoms with Gasteiger partial charge in [0.1, 0.15) is 18.1 Å². The summed E-state index contributed by atoms with van der Waals surface area (Å²) in [5.41, 5.74) is 2.93. The number of nitrogens with one attached hydrogen (secondary N) is 1. The quantitative estimate of drug-likeness (QED) is 0.173. The van der Waals surface area contributed by atoms with E-state index < -0.39 is 17.9 Å². The lowest BCUT2D eigenvalue weighted by atomic mass is 10.1. The van der Waals surface area contributed by atoms with Crippen LogP contribution in [-0.4, -0.2) is 37.0 Å². The monoisotopic (exact) mass is 602 g/mol. The number of methoxy groups -OCH3 is 2. The molecule has 9 nitrogen and oxygen atoms in total. The molecule has 3 aromatic rings. The number of carbonyl (C=O) groups excluding carboxylic acids is 3. The first-order valence-corrected chi connectivity index (χ1v) is 11.9. The fourth-order valence-corrected chi connectivity index (χ4v) is 4.41. The number of ether oxygens (including phenoxy) is 3. The number of amides is 3. The Kier molecular flexibility index (Phi) is 7.63. The average Bonchev–Trinajstić information content (AvgIpc) is 3.43. The van der Waals surface area contributed by atoms with Gasteiger partial charge in [-0.2, -0.15) is 0 Å². The predicted octanol–water partition coefficient (Wildman–Crippen LogP) is 4.66. The summed E-state index contributed by atoms with van der Waals surface area (Å²) in [7, 11) is 2.77. The van der Waals surface area contributed by atoms with Gasteiger partial charge in [0.15, 0.2) is 11.5 Å². The lowest BCUT2D eigenvalue weighted by Crippen LogP contribution is -2.30. The van der Waals surface area contributed by atoms with E-state index in [0.717, 1.165) is 19.6 Å². The third-order valence-electron chi connectivity index (χ3n) is 5.35. The second-order valence-electron chi connectivity index (χ2n) is 7.95. The summed E-state index contributed by atoms with van der Waals surface area (Å²) in [4.78, 5) is 37.9. The molecule has 3 amide bonds. The highest BCUT2D eigenvalue weighted by Gasteiger charge is 2.34. The van der Waals surface area contributed by atoms with Gasteiger partial charge in [-0.1, -0.05) is 29.8 Å². The number of carbonyl (C=O) groups is 3. The molecule has 1 aliphatic heterocycles. The van der Waals surface area contributed by atoms with Crippen LogP contribution in [0.5, 0.6) is 11.5 Å². The molecular formula is C26H23IN2O7. The maximum Gasteiger partial charge on any atom is 0.373 e. The Hall–Kier alpha value is -3.80. The fraction of sp³-hybridized carbons (Fsp3) is 0.192. The van der Waals surface area contributed by atoms with Crippen molar-refractivity contribution in [3.8, 4) is 11.5 Å². The molecule has 1 aromatic heterocycles.